The van der Waals surface area contributed by atoms with Gasteiger partial charge in [-0.05, 0) is 61.7 Å². The molecule has 0 radical (unpaired) electrons. The van der Waals surface area contributed by atoms with E-state index in [4.69, 9.17) is 4.74 Å². The number of alkyl halides is 3. The van der Waals surface area contributed by atoms with E-state index in [2.05, 4.69) is 20.1 Å². The molecule has 0 saturated heterocycles. The molecule has 10 heteroatoms. The zero-order chi connectivity index (χ0) is 24.6. The fourth-order valence-electron chi connectivity index (χ4n) is 4.26. The lowest BCUT2D eigenvalue weighted by Crippen LogP contribution is -2.18. The lowest BCUT2D eigenvalue weighted by atomic mass is 9.90. The van der Waals surface area contributed by atoms with Crippen LogP contribution in [-0.2, 0) is 12.7 Å². The number of fused-ring (bicyclic) bond motifs is 1. The van der Waals surface area contributed by atoms with Gasteiger partial charge in [0.2, 0.25) is 5.88 Å². The molecule has 35 heavy (non-hydrogen) atoms. The normalized spacial score (nSPS) is 16.0. The van der Waals surface area contributed by atoms with E-state index in [1.165, 1.54) is 12.1 Å². The molecular weight excluding hydrogens is 457 g/mol. The number of benzene rings is 1. The first-order valence-electron chi connectivity index (χ1n) is 11.2. The van der Waals surface area contributed by atoms with E-state index in [1.807, 2.05) is 34.5 Å². The molecule has 1 atom stereocenters. The van der Waals surface area contributed by atoms with Gasteiger partial charge >= 0.3 is 6.18 Å². The number of halogens is 3. The fraction of sp³-hybridized carbons (Fsp3) is 0.280. The number of ether oxygens (including phenoxy) is 1. The molecule has 4 aromatic rings. The largest absolute Gasteiger partial charge is 0.479 e. The first-order chi connectivity index (χ1) is 16.8. The van der Waals surface area contributed by atoms with Crippen molar-refractivity contribution in [3.63, 3.8) is 0 Å². The Labute approximate surface area is 199 Å². The van der Waals surface area contributed by atoms with Crippen LogP contribution in [-0.4, -0.2) is 36.4 Å². The number of hydrogen-bond acceptors (Lipinski definition) is 5. The Bertz CT molecular complexity index is 1370. The van der Waals surface area contributed by atoms with Crippen LogP contribution in [0.4, 0.5) is 13.2 Å². The van der Waals surface area contributed by atoms with E-state index in [0.717, 1.165) is 54.3 Å². The number of pyridine rings is 1. The minimum absolute atomic E-state index is 0.100. The zero-order valence-corrected chi connectivity index (χ0v) is 19.2. The van der Waals surface area contributed by atoms with Gasteiger partial charge in [0.1, 0.15) is 11.5 Å². The van der Waals surface area contributed by atoms with Gasteiger partial charge in [-0.1, -0.05) is 12.1 Å². The Kier molecular flexibility index (Phi) is 5.88. The van der Waals surface area contributed by atoms with Crippen LogP contribution in [0.15, 0.2) is 48.9 Å². The Hall–Kier alpha value is -3.95. The summed E-state index contributed by atoms with van der Waals surface area (Å²) in [7, 11) is 1.56. The third-order valence-electron chi connectivity index (χ3n) is 5.98. The maximum atomic E-state index is 12.9. The van der Waals surface area contributed by atoms with Crippen LogP contribution >= 0.6 is 0 Å². The topological polar surface area (TPSA) is 70.7 Å². The standard InChI is InChI=1S/C25H23F3N6O/c1-16-14-33(15-29-16)21-11-9-19(30-24(21)35-2)10-12-22-31-23-20(4-3-13-34(23)32-22)17-5-7-18(8-6-17)25(26,27)28/h5-12,14-15,20H,3-4,13H2,1-2H3/t20-/m1/s1. The van der Waals surface area contributed by atoms with Gasteiger partial charge in [-0.3, -0.25) is 0 Å². The summed E-state index contributed by atoms with van der Waals surface area (Å²) in [4.78, 5) is 13.5. The van der Waals surface area contributed by atoms with Crippen molar-refractivity contribution in [3.8, 4) is 11.6 Å². The van der Waals surface area contributed by atoms with Gasteiger partial charge in [0.25, 0.3) is 0 Å². The third-order valence-corrected chi connectivity index (χ3v) is 5.98. The number of imidazole rings is 1. The summed E-state index contributed by atoms with van der Waals surface area (Å²) in [5, 5.41) is 4.58. The molecule has 0 fully saturated rings. The highest BCUT2D eigenvalue weighted by molar-refractivity contribution is 5.65. The van der Waals surface area contributed by atoms with E-state index in [1.54, 1.807) is 25.6 Å². The maximum Gasteiger partial charge on any atom is 0.416 e. The molecule has 7 nitrogen and oxygen atoms in total. The predicted octanol–water partition coefficient (Wildman–Crippen LogP) is 5.29. The summed E-state index contributed by atoms with van der Waals surface area (Å²) in [5.74, 6) is 1.64. The Morgan fingerprint density at radius 3 is 2.54 bits per heavy atom. The molecule has 180 valence electrons. The van der Waals surface area contributed by atoms with Crippen molar-refractivity contribution in [1.29, 1.82) is 0 Å². The monoisotopic (exact) mass is 480 g/mol. The Morgan fingerprint density at radius 1 is 1.06 bits per heavy atom. The van der Waals surface area contributed by atoms with Crippen molar-refractivity contribution in [2.75, 3.05) is 7.11 Å². The summed E-state index contributed by atoms with van der Waals surface area (Å²) < 4.78 is 48.0. The summed E-state index contributed by atoms with van der Waals surface area (Å²) in [5.41, 5.74) is 2.49. The first kappa shape index (κ1) is 22.8. The van der Waals surface area contributed by atoms with E-state index < -0.39 is 11.7 Å². The molecule has 0 N–H and O–H groups in total. The molecule has 0 aliphatic carbocycles. The summed E-state index contributed by atoms with van der Waals surface area (Å²) >= 11 is 0. The highest BCUT2D eigenvalue weighted by Gasteiger charge is 2.31. The molecule has 1 aliphatic rings. The number of methoxy groups -OCH3 is 1. The van der Waals surface area contributed by atoms with E-state index in [-0.39, 0.29) is 5.92 Å². The number of aryl methyl sites for hydroxylation is 2. The van der Waals surface area contributed by atoms with Crippen molar-refractivity contribution in [2.24, 2.45) is 0 Å². The summed E-state index contributed by atoms with van der Waals surface area (Å²) in [6, 6.07) is 9.09. The second-order valence-electron chi connectivity index (χ2n) is 8.39. The van der Waals surface area contributed by atoms with E-state index >= 15 is 0 Å². The van der Waals surface area contributed by atoms with Gasteiger partial charge in [-0.25, -0.2) is 19.6 Å². The molecule has 5 rings (SSSR count). The second kappa shape index (κ2) is 9.01. The average Bonchev–Trinajstić information content (AvgIpc) is 3.47. The quantitative estimate of drug-likeness (QED) is 0.388. The van der Waals surface area contributed by atoms with Gasteiger partial charge in [-0.2, -0.15) is 18.3 Å². The highest BCUT2D eigenvalue weighted by Crippen LogP contribution is 2.35. The van der Waals surface area contributed by atoms with Gasteiger partial charge in [0.05, 0.1) is 30.4 Å². The molecular formula is C25H23F3N6O. The molecule has 3 aromatic heterocycles. The number of aromatic nitrogens is 6. The van der Waals surface area contributed by atoms with Crippen molar-refractivity contribution in [2.45, 2.75) is 38.4 Å². The molecule has 0 unspecified atom stereocenters. The minimum Gasteiger partial charge on any atom is -0.479 e. The summed E-state index contributed by atoms with van der Waals surface area (Å²) in [6.45, 7) is 2.63. The van der Waals surface area contributed by atoms with Crippen LogP contribution in [0.1, 0.15) is 52.9 Å². The fourth-order valence-corrected chi connectivity index (χ4v) is 4.26. The Balaban J connectivity index is 1.38. The van der Waals surface area contributed by atoms with Crippen LogP contribution in [0.5, 0.6) is 5.88 Å². The van der Waals surface area contributed by atoms with Crippen LogP contribution in [0, 0.1) is 6.92 Å². The molecule has 0 bridgehead atoms. The van der Waals surface area contributed by atoms with Gasteiger partial charge in [0, 0.05) is 18.7 Å². The van der Waals surface area contributed by atoms with Crippen LogP contribution in [0.2, 0.25) is 0 Å². The molecule has 1 aromatic carbocycles. The maximum absolute atomic E-state index is 12.9. The van der Waals surface area contributed by atoms with Gasteiger partial charge in [-0.15, -0.1) is 0 Å². The number of rotatable bonds is 5. The van der Waals surface area contributed by atoms with Crippen molar-refractivity contribution in [3.05, 3.63) is 83.1 Å². The molecule has 0 saturated carbocycles. The average molecular weight is 480 g/mol. The van der Waals surface area contributed by atoms with Crippen LogP contribution in [0.3, 0.4) is 0 Å². The first-order valence-corrected chi connectivity index (χ1v) is 11.2. The lowest BCUT2D eigenvalue weighted by Gasteiger charge is -2.22. The van der Waals surface area contributed by atoms with E-state index in [9.17, 15) is 13.2 Å². The SMILES string of the molecule is COc1nc(C=Cc2nc3n(n2)CCC[C@@H]3c2ccc(C(F)(F)F)cc2)ccc1-n1cnc(C)c1. The van der Waals surface area contributed by atoms with Crippen molar-refractivity contribution >= 4 is 12.2 Å². The highest BCUT2D eigenvalue weighted by atomic mass is 19.4. The minimum atomic E-state index is -4.35. The molecule has 1 aliphatic heterocycles. The number of hydrogen-bond donors (Lipinski definition) is 0. The van der Waals surface area contributed by atoms with Crippen molar-refractivity contribution in [1.82, 2.24) is 29.3 Å². The number of nitrogens with zero attached hydrogens (tertiary/aromatic N) is 6. The third kappa shape index (κ3) is 4.68. The smallest absolute Gasteiger partial charge is 0.416 e. The molecule has 0 amide bonds. The van der Waals surface area contributed by atoms with Crippen molar-refractivity contribution < 1.29 is 17.9 Å². The zero-order valence-electron chi connectivity index (χ0n) is 19.2. The van der Waals surface area contributed by atoms with E-state index in [0.29, 0.717) is 17.4 Å². The predicted molar refractivity (Wildman–Crippen MR) is 124 cm³/mol. The lowest BCUT2D eigenvalue weighted by molar-refractivity contribution is -0.137. The molecule has 4 heterocycles. The molecule has 0 spiro atoms. The van der Waals surface area contributed by atoms with Gasteiger partial charge in [0.15, 0.2) is 5.82 Å². The van der Waals surface area contributed by atoms with Crippen LogP contribution < -0.4 is 4.74 Å². The Morgan fingerprint density at radius 2 is 1.86 bits per heavy atom. The van der Waals surface area contributed by atoms with Crippen LogP contribution in [0.25, 0.3) is 17.8 Å². The second-order valence-corrected chi connectivity index (χ2v) is 8.39. The van der Waals surface area contributed by atoms with Gasteiger partial charge < -0.3 is 9.30 Å². The summed E-state index contributed by atoms with van der Waals surface area (Å²) in [6.07, 6.45) is 4.51.